The van der Waals surface area contributed by atoms with E-state index in [1.807, 2.05) is 11.9 Å². The summed E-state index contributed by atoms with van der Waals surface area (Å²) in [7, 11) is 1.90. The zero-order valence-corrected chi connectivity index (χ0v) is 10.0. The molecule has 1 heterocycles. The minimum Gasteiger partial charge on any atom is -0.344 e. The largest absolute Gasteiger partial charge is 0.344 e. The third-order valence-electron chi connectivity index (χ3n) is 3.02. The van der Waals surface area contributed by atoms with E-state index in [2.05, 4.69) is 32.6 Å². The molecule has 0 saturated carbocycles. The summed E-state index contributed by atoms with van der Waals surface area (Å²) in [6.07, 6.45) is 0.651. The first-order valence-corrected chi connectivity index (χ1v) is 5.35. The van der Waals surface area contributed by atoms with Gasteiger partial charge >= 0.3 is 0 Å². The normalized spacial score (nSPS) is 24.1. The maximum absolute atomic E-state index is 11.6. The van der Waals surface area contributed by atoms with Gasteiger partial charge in [0.2, 0.25) is 5.91 Å². The van der Waals surface area contributed by atoms with E-state index in [0.717, 1.165) is 13.1 Å². The predicted molar refractivity (Wildman–Crippen MR) is 58.2 cm³/mol. The van der Waals surface area contributed by atoms with E-state index >= 15 is 0 Å². The van der Waals surface area contributed by atoms with Gasteiger partial charge in [0, 0.05) is 38.1 Å². The first-order chi connectivity index (χ1) is 6.34. The molecule has 14 heavy (non-hydrogen) atoms. The van der Waals surface area contributed by atoms with E-state index in [0.29, 0.717) is 12.5 Å². The van der Waals surface area contributed by atoms with E-state index in [4.69, 9.17) is 0 Å². The van der Waals surface area contributed by atoms with E-state index in [1.165, 1.54) is 0 Å². The fourth-order valence-electron chi connectivity index (χ4n) is 2.43. The summed E-state index contributed by atoms with van der Waals surface area (Å²) in [5.74, 6) is 0.265. The van der Waals surface area contributed by atoms with Crippen molar-refractivity contribution in [1.29, 1.82) is 0 Å². The molecule has 0 aromatic heterocycles. The summed E-state index contributed by atoms with van der Waals surface area (Å²) < 4.78 is 0. The van der Waals surface area contributed by atoms with Gasteiger partial charge in [-0.05, 0) is 27.7 Å². The van der Waals surface area contributed by atoms with Crippen molar-refractivity contribution in [2.24, 2.45) is 0 Å². The van der Waals surface area contributed by atoms with Crippen LogP contribution in [0, 0.1) is 0 Å². The predicted octanol–water partition coefficient (Wildman–Crippen LogP) is 1.34. The maximum atomic E-state index is 11.6. The first kappa shape index (κ1) is 11.5. The second kappa shape index (κ2) is 3.89. The monoisotopic (exact) mass is 198 g/mol. The minimum atomic E-state index is 0.0923. The van der Waals surface area contributed by atoms with E-state index < -0.39 is 0 Å². The fourth-order valence-corrected chi connectivity index (χ4v) is 2.43. The third kappa shape index (κ3) is 2.27. The van der Waals surface area contributed by atoms with Crippen LogP contribution in [0.15, 0.2) is 0 Å². The van der Waals surface area contributed by atoms with Crippen molar-refractivity contribution >= 4 is 5.91 Å². The summed E-state index contributed by atoms with van der Waals surface area (Å²) in [4.78, 5) is 15.8. The summed E-state index contributed by atoms with van der Waals surface area (Å²) >= 11 is 0. The molecule has 0 aliphatic carbocycles. The molecule has 1 fully saturated rings. The molecular formula is C11H22N2O. The number of carbonyl (C=O) groups is 1. The quantitative estimate of drug-likeness (QED) is 0.635. The summed E-state index contributed by atoms with van der Waals surface area (Å²) in [5, 5.41) is 0. The second-order valence-corrected chi connectivity index (χ2v) is 5.10. The Balaban J connectivity index is 2.83. The number of hydrogen-bond acceptors (Lipinski definition) is 2. The Morgan fingerprint density at radius 2 is 1.93 bits per heavy atom. The van der Waals surface area contributed by atoms with Gasteiger partial charge in [-0.3, -0.25) is 9.69 Å². The summed E-state index contributed by atoms with van der Waals surface area (Å²) in [6, 6.07) is 0.504. The van der Waals surface area contributed by atoms with Gasteiger partial charge in [-0.15, -0.1) is 0 Å². The van der Waals surface area contributed by atoms with Gasteiger partial charge in [-0.1, -0.05) is 0 Å². The highest BCUT2D eigenvalue weighted by Crippen LogP contribution is 2.22. The van der Waals surface area contributed by atoms with Gasteiger partial charge in [0.25, 0.3) is 0 Å². The molecule has 0 N–H and O–H groups in total. The zero-order valence-electron chi connectivity index (χ0n) is 10.0. The second-order valence-electron chi connectivity index (χ2n) is 5.10. The van der Waals surface area contributed by atoms with Gasteiger partial charge < -0.3 is 4.90 Å². The molecule has 1 saturated heterocycles. The number of carbonyl (C=O) groups excluding carboxylic acids is 1. The zero-order chi connectivity index (χ0) is 10.9. The topological polar surface area (TPSA) is 23.6 Å². The SMILES string of the molecule is CC(C)N1CCC(=O)N(C)CC1(C)C. The van der Waals surface area contributed by atoms with Crippen molar-refractivity contribution in [3.63, 3.8) is 0 Å². The van der Waals surface area contributed by atoms with Crippen molar-refractivity contribution < 1.29 is 4.79 Å². The smallest absolute Gasteiger partial charge is 0.223 e. The Kier molecular flexibility index (Phi) is 3.20. The molecule has 0 spiro atoms. The molecule has 3 nitrogen and oxygen atoms in total. The van der Waals surface area contributed by atoms with Crippen LogP contribution in [0.2, 0.25) is 0 Å². The lowest BCUT2D eigenvalue weighted by Crippen LogP contribution is -2.51. The molecule has 1 aliphatic heterocycles. The van der Waals surface area contributed by atoms with E-state index in [1.54, 1.807) is 0 Å². The lowest BCUT2D eigenvalue weighted by Gasteiger charge is -2.40. The Hall–Kier alpha value is -0.570. The van der Waals surface area contributed by atoms with Crippen LogP contribution in [0.1, 0.15) is 34.1 Å². The molecule has 1 amide bonds. The molecule has 0 bridgehead atoms. The first-order valence-electron chi connectivity index (χ1n) is 5.35. The highest BCUT2D eigenvalue weighted by Gasteiger charge is 2.34. The van der Waals surface area contributed by atoms with Crippen LogP contribution in [-0.4, -0.2) is 47.4 Å². The van der Waals surface area contributed by atoms with Crippen molar-refractivity contribution in [3.05, 3.63) is 0 Å². The number of hydrogen-bond donors (Lipinski definition) is 0. The van der Waals surface area contributed by atoms with E-state index in [9.17, 15) is 4.79 Å². The average Bonchev–Trinajstić information content (AvgIpc) is 2.09. The Labute approximate surface area is 87.1 Å². The van der Waals surface area contributed by atoms with Crippen molar-refractivity contribution in [2.75, 3.05) is 20.1 Å². The van der Waals surface area contributed by atoms with Crippen LogP contribution >= 0.6 is 0 Å². The lowest BCUT2D eigenvalue weighted by atomic mass is 10.0. The third-order valence-corrected chi connectivity index (χ3v) is 3.02. The standard InChI is InChI=1S/C11H22N2O/c1-9(2)13-7-6-10(14)12(5)8-11(13,3)4/h9H,6-8H2,1-5H3. The Bertz CT molecular complexity index is 223. The van der Waals surface area contributed by atoms with Crippen molar-refractivity contribution in [3.8, 4) is 0 Å². The fraction of sp³-hybridized carbons (Fsp3) is 0.909. The molecule has 82 valence electrons. The molecule has 1 rings (SSSR count). The molecule has 3 heteroatoms. The molecule has 0 radical (unpaired) electrons. The van der Waals surface area contributed by atoms with Crippen LogP contribution in [0.3, 0.4) is 0 Å². The Morgan fingerprint density at radius 1 is 1.36 bits per heavy atom. The van der Waals surface area contributed by atoms with Gasteiger partial charge in [-0.25, -0.2) is 0 Å². The van der Waals surface area contributed by atoms with Crippen LogP contribution in [0.25, 0.3) is 0 Å². The minimum absolute atomic E-state index is 0.0923. The summed E-state index contributed by atoms with van der Waals surface area (Å²) in [5.41, 5.74) is 0.0923. The highest BCUT2D eigenvalue weighted by molar-refractivity contribution is 5.76. The molecule has 1 aliphatic rings. The maximum Gasteiger partial charge on any atom is 0.223 e. The molecule has 0 aromatic carbocycles. The molecule has 0 atom stereocenters. The van der Waals surface area contributed by atoms with Gasteiger partial charge in [0.1, 0.15) is 0 Å². The van der Waals surface area contributed by atoms with Gasteiger partial charge in [0.05, 0.1) is 0 Å². The van der Waals surface area contributed by atoms with Crippen LogP contribution in [0.5, 0.6) is 0 Å². The van der Waals surface area contributed by atoms with Crippen LogP contribution in [0.4, 0.5) is 0 Å². The number of likely N-dealkylation sites (N-methyl/N-ethyl adjacent to an activating group) is 1. The molecule has 0 aromatic rings. The van der Waals surface area contributed by atoms with Crippen LogP contribution < -0.4 is 0 Å². The lowest BCUT2D eigenvalue weighted by molar-refractivity contribution is -0.129. The number of rotatable bonds is 1. The van der Waals surface area contributed by atoms with Crippen LogP contribution in [-0.2, 0) is 4.79 Å². The van der Waals surface area contributed by atoms with Gasteiger partial charge in [-0.2, -0.15) is 0 Å². The average molecular weight is 198 g/mol. The Morgan fingerprint density at radius 3 is 2.43 bits per heavy atom. The number of nitrogens with zero attached hydrogens (tertiary/aromatic N) is 2. The number of amides is 1. The molecule has 0 unspecified atom stereocenters. The van der Waals surface area contributed by atoms with E-state index in [-0.39, 0.29) is 11.4 Å². The summed E-state index contributed by atoms with van der Waals surface area (Å²) in [6.45, 7) is 10.5. The highest BCUT2D eigenvalue weighted by atomic mass is 16.2. The van der Waals surface area contributed by atoms with Crippen molar-refractivity contribution in [1.82, 2.24) is 9.80 Å². The van der Waals surface area contributed by atoms with Crippen molar-refractivity contribution in [2.45, 2.75) is 45.7 Å². The molecular weight excluding hydrogens is 176 g/mol. The van der Waals surface area contributed by atoms with Gasteiger partial charge in [0.15, 0.2) is 0 Å².